The molecular weight excluding hydrogens is 168 g/mol. The van der Waals surface area contributed by atoms with Crippen LogP contribution in [0.15, 0.2) is 0 Å². The zero-order chi connectivity index (χ0) is 10.3. The van der Waals surface area contributed by atoms with Gasteiger partial charge in [-0.1, -0.05) is 40.5 Å². The summed E-state index contributed by atoms with van der Waals surface area (Å²) in [6.07, 6.45) is 7.36. The maximum atomic E-state index is 2.54. The first-order valence-electron chi connectivity index (χ1n) is 6.58. The molecule has 0 aromatic heterocycles. The van der Waals surface area contributed by atoms with Crippen molar-refractivity contribution in [3.8, 4) is 0 Å². The lowest BCUT2D eigenvalue weighted by molar-refractivity contribution is 0.117. The first-order chi connectivity index (χ1) is 6.58. The number of unbranched alkanes of at least 4 members (excludes halogenated alkanes) is 1. The summed E-state index contributed by atoms with van der Waals surface area (Å²) < 4.78 is 0. The van der Waals surface area contributed by atoms with E-state index in [1.165, 1.54) is 32.1 Å². The van der Waals surface area contributed by atoms with Crippen molar-refractivity contribution in [3.05, 3.63) is 0 Å². The fourth-order valence-corrected chi connectivity index (χ4v) is 4.45. The molecule has 2 aliphatic rings. The molecule has 0 saturated heterocycles. The van der Waals surface area contributed by atoms with Crippen LogP contribution in [-0.4, -0.2) is 0 Å². The van der Waals surface area contributed by atoms with E-state index in [9.17, 15) is 0 Å². The van der Waals surface area contributed by atoms with Gasteiger partial charge in [0.1, 0.15) is 0 Å². The first kappa shape index (κ1) is 10.5. The quantitative estimate of drug-likeness (QED) is 0.621. The predicted octanol–water partition coefficient (Wildman–Crippen LogP) is 4.49. The van der Waals surface area contributed by atoms with Crippen molar-refractivity contribution < 1.29 is 0 Å². The molecule has 82 valence electrons. The van der Waals surface area contributed by atoms with Crippen molar-refractivity contribution in [2.75, 3.05) is 0 Å². The zero-order valence-corrected chi connectivity index (χ0v) is 10.3. The fourth-order valence-electron chi connectivity index (χ4n) is 4.45. The van der Waals surface area contributed by atoms with Crippen molar-refractivity contribution in [2.24, 2.45) is 29.1 Å². The van der Waals surface area contributed by atoms with E-state index < -0.39 is 0 Å². The molecule has 0 aromatic carbocycles. The Balaban J connectivity index is 2.05. The predicted molar refractivity (Wildman–Crippen MR) is 62.2 cm³/mol. The highest BCUT2D eigenvalue weighted by Gasteiger charge is 2.55. The molecule has 0 N–H and O–H groups in total. The van der Waals surface area contributed by atoms with Crippen LogP contribution in [0.1, 0.15) is 59.8 Å². The van der Waals surface area contributed by atoms with Gasteiger partial charge in [0.25, 0.3) is 0 Å². The molecule has 0 aliphatic heterocycles. The molecule has 0 aromatic rings. The Morgan fingerprint density at radius 2 is 1.93 bits per heavy atom. The van der Waals surface area contributed by atoms with Gasteiger partial charge < -0.3 is 0 Å². The third-order valence-electron chi connectivity index (χ3n) is 5.40. The summed E-state index contributed by atoms with van der Waals surface area (Å²) in [5.74, 6) is 4.14. The number of fused-ring (bicyclic) bond motifs is 2. The molecule has 2 aliphatic carbocycles. The van der Waals surface area contributed by atoms with E-state index in [-0.39, 0.29) is 0 Å². The van der Waals surface area contributed by atoms with Crippen LogP contribution in [0, 0.1) is 29.1 Å². The molecular formula is C14H26. The van der Waals surface area contributed by atoms with Crippen LogP contribution in [-0.2, 0) is 0 Å². The van der Waals surface area contributed by atoms with Crippen LogP contribution in [0.5, 0.6) is 0 Å². The Kier molecular flexibility index (Phi) is 2.66. The highest BCUT2D eigenvalue weighted by atomic mass is 14.6. The minimum atomic E-state index is 0.711. The Morgan fingerprint density at radius 3 is 2.50 bits per heavy atom. The maximum absolute atomic E-state index is 2.54. The highest BCUT2D eigenvalue weighted by Crippen LogP contribution is 2.63. The van der Waals surface area contributed by atoms with Crippen molar-refractivity contribution in [1.82, 2.24) is 0 Å². The van der Waals surface area contributed by atoms with Gasteiger partial charge in [-0.2, -0.15) is 0 Å². The second kappa shape index (κ2) is 3.54. The summed E-state index contributed by atoms with van der Waals surface area (Å²) in [6.45, 7) is 9.87. The lowest BCUT2D eigenvalue weighted by Gasteiger charge is -2.37. The second-order valence-electron chi connectivity index (χ2n) is 6.30. The minimum absolute atomic E-state index is 0.711. The third kappa shape index (κ3) is 1.42. The zero-order valence-electron chi connectivity index (χ0n) is 10.3. The van der Waals surface area contributed by atoms with Crippen molar-refractivity contribution in [2.45, 2.75) is 59.8 Å². The average molecular weight is 194 g/mol. The summed E-state index contributed by atoms with van der Waals surface area (Å²) in [7, 11) is 0. The summed E-state index contributed by atoms with van der Waals surface area (Å²) in [4.78, 5) is 0. The largest absolute Gasteiger partial charge is 0.0654 e. The van der Waals surface area contributed by atoms with Gasteiger partial charge in [-0.25, -0.2) is 0 Å². The summed E-state index contributed by atoms with van der Waals surface area (Å²) in [5.41, 5.74) is 0.711. The van der Waals surface area contributed by atoms with E-state index in [1.807, 2.05) is 0 Å². The molecule has 2 saturated carbocycles. The first-order valence-corrected chi connectivity index (χ1v) is 6.58. The van der Waals surface area contributed by atoms with E-state index in [2.05, 4.69) is 27.7 Å². The van der Waals surface area contributed by atoms with Crippen LogP contribution in [0.25, 0.3) is 0 Å². The van der Waals surface area contributed by atoms with E-state index in [1.54, 1.807) is 0 Å². The van der Waals surface area contributed by atoms with Crippen LogP contribution in [0.3, 0.4) is 0 Å². The third-order valence-corrected chi connectivity index (χ3v) is 5.40. The van der Waals surface area contributed by atoms with Crippen molar-refractivity contribution >= 4 is 0 Å². The number of rotatable bonds is 3. The van der Waals surface area contributed by atoms with E-state index in [4.69, 9.17) is 0 Å². The van der Waals surface area contributed by atoms with Gasteiger partial charge in [-0.15, -0.1) is 0 Å². The second-order valence-corrected chi connectivity index (χ2v) is 6.30. The summed E-state index contributed by atoms with van der Waals surface area (Å²) >= 11 is 0. The maximum Gasteiger partial charge on any atom is -0.0292 e. The van der Waals surface area contributed by atoms with Crippen LogP contribution in [0.4, 0.5) is 0 Å². The Hall–Kier alpha value is 0. The van der Waals surface area contributed by atoms with E-state index >= 15 is 0 Å². The fraction of sp³-hybridized carbons (Fsp3) is 1.00. The molecule has 0 nitrogen and oxygen atoms in total. The Labute approximate surface area is 89.5 Å². The molecule has 2 rings (SSSR count). The molecule has 0 spiro atoms. The minimum Gasteiger partial charge on any atom is -0.0654 e. The molecule has 2 fully saturated rings. The van der Waals surface area contributed by atoms with Gasteiger partial charge in [0.15, 0.2) is 0 Å². The van der Waals surface area contributed by atoms with Gasteiger partial charge in [0.05, 0.1) is 0 Å². The molecule has 0 radical (unpaired) electrons. The molecule has 5 unspecified atom stereocenters. The number of hydrogen-bond acceptors (Lipinski definition) is 0. The standard InChI is InChI=1S/C14H26/c1-5-6-7-12-11(3)14(4)8-10(2)13(12)9-14/h10-13H,5-9H2,1-4H3. The van der Waals surface area contributed by atoms with E-state index in [0.717, 1.165) is 23.7 Å². The SMILES string of the molecule is CCCCC1C2CC(C)(CC2C)C1C. The van der Waals surface area contributed by atoms with Crippen molar-refractivity contribution in [3.63, 3.8) is 0 Å². The monoisotopic (exact) mass is 194 g/mol. The van der Waals surface area contributed by atoms with Gasteiger partial charge in [-0.3, -0.25) is 0 Å². The Bertz CT molecular complexity index is 208. The molecule has 5 atom stereocenters. The van der Waals surface area contributed by atoms with Gasteiger partial charge >= 0.3 is 0 Å². The van der Waals surface area contributed by atoms with Crippen LogP contribution < -0.4 is 0 Å². The molecule has 14 heavy (non-hydrogen) atoms. The van der Waals surface area contributed by atoms with Crippen molar-refractivity contribution in [1.29, 1.82) is 0 Å². The highest BCUT2D eigenvalue weighted by molar-refractivity contribution is 5.04. The lowest BCUT2D eigenvalue weighted by Crippen LogP contribution is -2.30. The number of hydrogen-bond donors (Lipinski definition) is 0. The Morgan fingerprint density at radius 1 is 1.21 bits per heavy atom. The van der Waals surface area contributed by atoms with Gasteiger partial charge in [0.2, 0.25) is 0 Å². The summed E-state index contributed by atoms with van der Waals surface area (Å²) in [5, 5.41) is 0. The molecule has 2 bridgehead atoms. The smallest absolute Gasteiger partial charge is 0.0292 e. The van der Waals surface area contributed by atoms with Gasteiger partial charge in [0, 0.05) is 0 Å². The topological polar surface area (TPSA) is 0 Å². The lowest BCUT2D eigenvalue weighted by atomic mass is 9.68. The summed E-state index contributed by atoms with van der Waals surface area (Å²) in [6, 6.07) is 0. The van der Waals surface area contributed by atoms with Crippen LogP contribution >= 0.6 is 0 Å². The van der Waals surface area contributed by atoms with E-state index in [0.29, 0.717) is 5.41 Å². The molecule has 0 heterocycles. The average Bonchev–Trinajstić information content (AvgIpc) is 2.54. The molecule has 0 heteroatoms. The van der Waals surface area contributed by atoms with Gasteiger partial charge in [-0.05, 0) is 48.3 Å². The normalized spacial score (nSPS) is 51.4. The van der Waals surface area contributed by atoms with Crippen LogP contribution in [0.2, 0.25) is 0 Å². The molecule has 0 amide bonds.